The molecule has 0 radical (unpaired) electrons. The number of ether oxygens (including phenoxy) is 1. The summed E-state index contributed by atoms with van der Waals surface area (Å²) in [5, 5.41) is 20.5. The number of hydrogen-bond donors (Lipinski definition) is 1. The van der Waals surface area contributed by atoms with E-state index in [2.05, 4.69) is 0 Å². The van der Waals surface area contributed by atoms with E-state index in [1.54, 1.807) is 4.90 Å². The number of carbonyl (C=O) groups is 1. The van der Waals surface area contributed by atoms with Crippen LogP contribution in [0.3, 0.4) is 0 Å². The Labute approximate surface area is 115 Å². The van der Waals surface area contributed by atoms with Gasteiger partial charge in [0.05, 0.1) is 29.2 Å². The molecular formula is C13H16N2O5. The number of nitro groups is 1. The minimum Gasteiger partial charge on any atom is -0.478 e. The van der Waals surface area contributed by atoms with E-state index in [0.717, 1.165) is 0 Å². The first-order chi connectivity index (χ1) is 9.34. The van der Waals surface area contributed by atoms with E-state index < -0.39 is 16.4 Å². The normalized spacial score (nSPS) is 17.8. The molecule has 0 spiro atoms. The molecule has 0 bridgehead atoms. The van der Waals surface area contributed by atoms with Crippen LogP contribution in [0.15, 0.2) is 18.2 Å². The largest absolute Gasteiger partial charge is 0.478 e. The second-order valence-corrected chi connectivity index (χ2v) is 5.25. The molecule has 1 aliphatic rings. The third-order valence-corrected chi connectivity index (χ3v) is 3.36. The van der Waals surface area contributed by atoms with Crippen molar-refractivity contribution in [3.05, 3.63) is 33.9 Å². The average Bonchev–Trinajstić information content (AvgIpc) is 2.37. The molecule has 2 rings (SSSR count). The number of hydrogen-bond acceptors (Lipinski definition) is 5. The van der Waals surface area contributed by atoms with Crippen LogP contribution in [0.1, 0.15) is 24.2 Å². The molecule has 7 heteroatoms. The zero-order chi connectivity index (χ0) is 14.9. The third kappa shape index (κ3) is 2.44. The number of para-hydroxylation sites is 1. The van der Waals surface area contributed by atoms with E-state index >= 15 is 0 Å². The summed E-state index contributed by atoms with van der Waals surface area (Å²) in [7, 11) is 0. The lowest BCUT2D eigenvalue weighted by molar-refractivity contribution is -0.384. The first-order valence-corrected chi connectivity index (χ1v) is 6.20. The van der Waals surface area contributed by atoms with E-state index in [9.17, 15) is 20.0 Å². The summed E-state index contributed by atoms with van der Waals surface area (Å²) in [6.07, 6.45) is 0. The van der Waals surface area contributed by atoms with Crippen LogP contribution in [0, 0.1) is 10.1 Å². The zero-order valence-electron chi connectivity index (χ0n) is 11.3. The van der Waals surface area contributed by atoms with Crippen molar-refractivity contribution in [2.45, 2.75) is 19.4 Å². The highest BCUT2D eigenvalue weighted by atomic mass is 16.6. The van der Waals surface area contributed by atoms with Crippen molar-refractivity contribution in [3.63, 3.8) is 0 Å². The SMILES string of the molecule is CC1(C)COCCN1c1c(C(=O)O)cccc1[N+](=O)[O-]. The standard InChI is InChI=1S/C13H16N2O5/c1-13(2)8-20-7-6-14(13)11-9(12(16)17)4-3-5-10(11)15(18)19/h3-5H,6-8H2,1-2H3,(H,16,17). The van der Waals surface area contributed by atoms with E-state index in [0.29, 0.717) is 19.8 Å². The number of carboxylic acids is 1. The van der Waals surface area contributed by atoms with Crippen LogP contribution in [0.5, 0.6) is 0 Å². The number of nitro benzene ring substituents is 1. The Kier molecular flexibility index (Phi) is 3.63. The Morgan fingerprint density at radius 2 is 2.20 bits per heavy atom. The quantitative estimate of drug-likeness (QED) is 0.671. The summed E-state index contributed by atoms with van der Waals surface area (Å²) >= 11 is 0. The lowest BCUT2D eigenvalue weighted by Gasteiger charge is -2.43. The molecule has 7 nitrogen and oxygen atoms in total. The number of nitrogens with zero attached hydrogens (tertiary/aromatic N) is 2. The van der Waals surface area contributed by atoms with Gasteiger partial charge in [-0.05, 0) is 19.9 Å². The molecule has 108 valence electrons. The Morgan fingerprint density at radius 1 is 1.50 bits per heavy atom. The average molecular weight is 280 g/mol. The fraction of sp³-hybridized carbons (Fsp3) is 0.462. The number of benzene rings is 1. The third-order valence-electron chi connectivity index (χ3n) is 3.36. The van der Waals surface area contributed by atoms with Crippen molar-refractivity contribution in [1.29, 1.82) is 0 Å². The van der Waals surface area contributed by atoms with Gasteiger partial charge in [-0.25, -0.2) is 4.79 Å². The fourth-order valence-electron chi connectivity index (χ4n) is 2.41. The molecule has 0 saturated carbocycles. The lowest BCUT2D eigenvalue weighted by Crippen LogP contribution is -2.53. The summed E-state index contributed by atoms with van der Waals surface area (Å²) in [6.45, 7) is 4.95. The summed E-state index contributed by atoms with van der Waals surface area (Å²) in [6, 6.07) is 4.10. The zero-order valence-corrected chi connectivity index (χ0v) is 11.3. The topological polar surface area (TPSA) is 92.9 Å². The number of aromatic carboxylic acids is 1. The first-order valence-electron chi connectivity index (χ1n) is 6.20. The van der Waals surface area contributed by atoms with Crippen molar-refractivity contribution in [2.24, 2.45) is 0 Å². The van der Waals surface area contributed by atoms with E-state index in [4.69, 9.17) is 4.74 Å². The first kappa shape index (κ1) is 14.3. The molecule has 0 atom stereocenters. The van der Waals surface area contributed by atoms with Crippen LogP contribution in [-0.4, -0.2) is 41.3 Å². The lowest BCUT2D eigenvalue weighted by atomic mass is 9.98. The van der Waals surface area contributed by atoms with Gasteiger partial charge in [-0.1, -0.05) is 6.07 Å². The highest BCUT2D eigenvalue weighted by Crippen LogP contribution is 2.37. The van der Waals surface area contributed by atoms with Crippen LogP contribution in [0.25, 0.3) is 0 Å². The number of rotatable bonds is 3. The van der Waals surface area contributed by atoms with Crippen molar-refractivity contribution in [3.8, 4) is 0 Å². The van der Waals surface area contributed by atoms with Crippen LogP contribution < -0.4 is 4.90 Å². The van der Waals surface area contributed by atoms with Gasteiger partial charge in [0.15, 0.2) is 0 Å². The molecular weight excluding hydrogens is 264 g/mol. The molecule has 1 heterocycles. The molecule has 0 unspecified atom stereocenters. The number of anilines is 1. The molecule has 1 aromatic carbocycles. The van der Waals surface area contributed by atoms with Gasteiger partial charge >= 0.3 is 5.97 Å². The van der Waals surface area contributed by atoms with Crippen molar-refractivity contribution in [2.75, 3.05) is 24.7 Å². The van der Waals surface area contributed by atoms with Gasteiger partial charge in [0.2, 0.25) is 0 Å². The minimum atomic E-state index is -1.18. The number of carboxylic acid groups (broad SMARTS) is 1. The molecule has 1 aromatic rings. The summed E-state index contributed by atoms with van der Waals surface area (Å²) in [5.41, 5.74) is -0.610. The molecule has 0 aromatic heterocycles. The Balaban J connectivity index is 2.63. The van der Waals surface area contributed by atoms with Gasteiger partial charge in [0.1, 0.15) is 5.69 Å². The van der Waals surface area contributed by atoms with Crippen LogP contribution in [-0.2, 0) is 4.74 Å². The Hall–Kier alpha value is -2.15. The van der Waals surface area contributed by atoms with Gasteiger partial charge in [-0.2, -0.15) is 0 Å². The van der Waals surface area contributed by atoms with Crippen LogP contribution in [0.4, 0.5) is 11.4 Å². The summed E-state index contributed by atoms with van der Waals surface area (Å²) < 4.78 is 5.38. The second kappa shape index (κ2) is 5.09. The van der Waals surface area contributed by atoms with Crippen LogP contribution >= 0.6 is 0 Å². The number of morpholine rings is 1. The molecule has 1 N–H and O–H groups in total. The van der Waals surface area contributed by atoms with Gasteiger partial charge < -0.3 is 14.7 Å². The summed E-state index contributed by atoms with van der Waals surface area (Å²) in [4.78, 5) is 23.8. The highest BCUT2D eigenvalue weighted by molar-refractivity contribution is 5.97. The molecule has 0 amide bonds. The maximum absolute atomic E-state index is 11.4. The molecule has 20 heavy (non-hydrogen) atoms. The maximum atomic E-state index is 11.4. The van der Waals surface area contributed by atoms with Crippen molar-refractivity contribution in [1.82, 2.24) is 0 Å². The molecule has 1 aliphatic heterocycles. The maximum Gasteiger partial charge on any atom is 0.338 e. The van der Waals surface area contributed by atoms with E-state index in [1.807, 2.05) is 13.8 Å². The van der Waals surface area contributed by atoms with Gasteiger partial charge in [-0.3, -0.25) is 10.1 Å². The Morgan fingerprint density at radius 3 is 2.75 bits per heavy atom. The predicted molar refractivity (Wildman–Crippen MR) is 72.3 cm³/mol. The minimum absolute atomic E-state index is 0.0609. The van der Waals surface area contributed by atoms with Gasteiger partial charge in [0, 0.05) is 12.6 Å². The van der Waals surface area contributed by atoms with Crippen LogP contribution in [0.2, 0.25) is 0 Å². The van der Waals surface area contributed by atoms with E-state index in [1.165, 1.54) is 18.2 Å². The fourth-order valence-corrected chi connectivity index (χ4v) is 2.41. The predicted octanol–water partition coefficient (Wildman–Crippen LogP) is 1.91. The van der Waals surface area contributed by atoms with Gasteiger partial charge in [0.25, 0.3) is 5.69 Å². The second-order valence-electron chi connectivity index (χ2n) is 5.25. The summed E-state index contributed by atoms with van der Waals surface area (Å²) in [5.74, 6) is -1.18. The van der Waals surface area contributed by atoms with Crippen molar-refractivity contribution < 1.29 is 19.6 Å². The monoisotopic (exact) mass is 280 g/mol. The Bertz CT molecular complexity index is 523. The van der Waals surface area contributed by atoms with Gasteiger partial charge in [-0.15, -0.1) is 0 Å². The molecule has 1 saturated heterocycles. The molecule has 1 fully saturated rings. The van der Waals surface area contributed by atoms with Crippen molar-refractivity contribution >= 4 is 17.3 Å². The molecule has 0 aliphatic carbocycles. The van der Waals surface area contributed by atoms with E-state index in [-0.39, 0.29) is 16.9 Å². The smallest absolute Gasteiger partial charge is 0.338 e. The highest BCUT2D eigenvalue weighted by Gasteiger charge is 2.37.